The van der Waals surface area contributed by atoms with Crippen LogP contribution in [-0.2, 0) is 13.7 Å². The summed E-state index contributed by atoms with van der Waals surface area (Å²) in [7, 11) is 1.73. The number of carbonyl (C=O) groups is 1. The molecule has 0 atom stereocenters. The molecule has 0 aliphatic heterocycles. The van der Waals surface area contributed by atoms with Gasteiger partial charge in [-0.25, -0.2) is 9.37 Å². The third kappa shape index (κ3) is 2.66. The van der Waals surface area contributed by atoms with Gasteiger partial charge in [0.1, 0.15) is 30.8 Å². The van der Waals surface area contributed by atoms with Gasteiger partial charge < -0.3 is 4.74 Å². The monoisotopic (exact) mass is 235 g/mol. The first-order valence-corrected chi connectivity index (χ1v) is 4.90. The topological polar surface area (TPSA) is 57.0 Å². The second kappa shape index (κ2) is 4.73. The molecule has 0 amide bonds. The number of halogens is 1. The predicted molar refractivity (Wildman–Crippen MR) is 57.1 cm³/mol. The van der Waals surface area contributed by atoms with Crippen LogP contribution in [-0.4, -0.2) is 21.1 Å². The van der Waals surface area contributed by atoms with Crippen molar-refractivity contribution in [2.75, 3.05) is 0 Å². The average Bonchev–Trinajstić information content (AvgIpc) is 2.71. The van der Waals surface area contributed by atoms with Gasteiger partial charge in [-0.2, -0.15) is 5.10 Å². The molecular weight excluding hydrogens is 225 g/mol. The second-order valence-electron chi connectivity index (χ2n) is 3.43. The molecule has 2 rings (SSSR count). The summed E-state index contributed by atoms with van der Waals surface area (Å²) in [6.45, 7) is 0.165. The highest BCUT2D eigenvalue weighted by molar-refractivity contribution is 5.75. The molecule has 88 valence electrons. The molecule has 0 saturated heterocycles. The van der Waals surface area contributed by atoms with Crippen LogP contribution in [0.4, 0.5) is 4.39 Å². The molecule has 1 aromatic heterocycles. The van der Waals surface area contributed by atoms with Crippen molar-refractivity contribution in [2.45, 2.75) is 6.61 Å². The minimum absolute atomic E-state index is 0.165. The van der Waals surface area contributed by atoms with E-state index in [1.165, 1.54) is 18.5 Å². The van der Waals surface area contributed by atoms with E-state index in [1.807, 2.05) is 0 Å². The Bertz CT molecular complexity index is 539. The lowest BCUT2D eigenvalue weighted by molar-refractivity contribution is 0.112. The van der Waals surface area contributed by atoms with Gasteiger partial charge in [0.25, 0.3) is 0 Å². The van der Waals surface area contributed by atoms with Crippen molar-refractivity contribution in [3.63, 3.8) is 0 Å². The fourth-order valence-corrected chi connectivity index (χ4v) is 1.33. The van der Waals surface area contributed by atoms with Crippen LogP contribution in [0, 0.1) is 5.82 Å². The Balaban J connectivity index is 2.11. The van der Waals surface area contributed by atoms with Gasteiger partial charge in [-0.15, -0.1) is 0 Å². The number of carbonyl (C=O) groups excluding carboxylic acids is 1. The number of rotatable bonds is 4. The number of aryl methyl sites for hydroxylation is 1. The quantitative estimate of drug-likeness (QED) is 0.750. The lowest BCUT2D eigenvalue weighted by Gasteiger charge is -2.06. The third-order valence-electron chi connectivity index (χ3n) is 2.20. The van der Waals surface area contributed by atoms with Gasteiger partial charge in [0.2, 0.25) is 0 Å². The van der Waals surface area contributed by atoms with Crippen molar-refractivity contribution in [1.82, 2.24) is 14.8 Å². The van der Waals surface area contributed by atoms with Crippen LogP contribution in [0.15, 0.2) is 24.5 Å². The summed E-state index contributed by atoms with van der Waals surface area (Å²) in [4.78, 5) is 14.5. The molecule has 0 radical (unpaired) electrons. The Hall–Kier alpha value is -2.24. The highest BCUT2D eigenvalue weighted by Gasteiger charge is 2.04. The summed E-state index contributed by atoms with van der Waals surface area (Å²) in [5.41, 5.74) is 0.234. The van der Waals surface area contributed by atoms with Gasteiger partial charge in [-0.05, 0) is 12.1 Å². The fourth-order valence-electron chi connectivity index (χ4n) is 1.33. The number of hydrogen-bond acceptors (Lipinski definition) is 4. The molecule has 2 aromatic rings. The normalized spacial score (nSPS) is 10.2. The number of nitrogens with zero attached hydrogens (tertiary/aromatic N) is 3. The van der Waals surface area contributed by atoms with E-state index in [1.54, 1.807) is 11.7 Å². The summed E-state index contributed by atoms with van der Waals surface area (Å²) in [5.74, 6) is 0.388. The van der Waals surface area contributed by atoms with Crippen LogP contribution in [0.2, 0.25) is 0 Å². The summed E-state index contributed by atoms with van der Waals surface area (Å²) in [6.07, 6.45) is 1.97. The molecule has 0 unspecified atom stereocenters. The van der Waals surface area contributed by atoms with Crippen LogP contribution >= 0.6 is 0 Å². The lowest BCUT2D eigenvalue weighted by Crippen LogP contribution is -2.04. The van der Waals surface area contributed by atoms with E-state index < -0.39 is 5.82 Å². The van der Waals surface area contributed by atoms with Gasteiger partial charge in [0.15, 0.2) is 5.82 Å². The zero-order valence-electron chi connectivity index (χ0n) is 9.13. The number of aldehydes is 1. The van der Waals surface area contributed by atoms with Crippen molar-refractivity contribution in [2.24, 2.45) is 7.05 Å². The minimum atomic E-state index is -0.512. The summed E-state index contributed by atoms with van der Waals surface area (Å²) in [5, 5.41) is 3.88. The SMILES string of the molecule is Cn1ncnc1COc1cc(F)cc(C=O)c1. The molecule has 0 aliphatic carbocycles. The zero-order valence-corrected chi connectivity index (χ0v) is 9.13. The molecule has 0 fully saturated rings. The Labute approximate surface area is 96.9 Å². The molecule has 1 heterocycles. The van der Waals surface area contributed by atoms with Crippen LogP contribution in [0.5, 0.6) is 5.75 Å². The molecule has 0 saturated carbocycles. The maximum Gasteiger partial charge on any atom is 0.164 e. The standard InChI is InChI=1S/C11H10FN3O2/c1-15-11(13-7-14-15)6-17-10-3-8(5-16)2-9(12)4-10/h2-5,7H,6H2,1H3. The van der Waals surface area contributed by atoms with Crippen molar-refractivity contribution in [3.8, 4) is 5.75 Å². The molecule has 0 spiro atoms. The van der Waals surface area contributed by atoms with Crippen LogP contribution < -0.4 is 4.74 Å². The van der Waals surface area contributed by atoms with Gasteiger partial charge in [0.05, 0.1) is 0 Å². The highest BCUT2D eigenvalue weighted by Crippen LogP contribution is 2.16. The molecule has 5 nitrogen and oxygen atoms in total. The smallest absolute Gasteiger partial charge is 0.164 e. The third-order valence-corrected chi connectivity index (χ3v) is 2.20. The molecule has 0 aliphatic rings. The van der Waals surface area contributed by atoms with Crippen LogP contribution in [0.3, 0.4) is 0 Å². The number of benzene rings is 1. The first kappa shape index (κ1) is 11.3. The Morgan fingerprint density at radius 3 is 2.94 bits per heavy atom. The number of aromatic nitrogens is 3. The van der Waals surface area contributed by atoms with Gasteiger partial charge in [-0.1, -0.05) is 0 Å². The maximum atomic E-state index is 13.1. The van der Waals surface area contributed by atoms with E-state index in [-0.39, 0.29) is 17.9 Å². The summed E-state index contributed by atoms with van der Waals surface area (Å²) >= 11 is 0. The zero-order chi connectivity index (χ0) is 12.3. The Morgan fingerprint density at radius 2 is 2.29 bits per heavy atom. The summed E-state index contributed by atoms with van der Waals surface area (Å²) in [6, 6.07) is 3.82. The van der Waals surface area contributed by atoms with Gasteiger partial charge in [-0.3, -0.25) is 9.48 Å². The second-order valence-corrected chi connectivity index (χ2v) is 3.43. The molecular formula is C11H10FN3O2. The largest absolute Gasteiger partial charge is 0.485 e. The van der Waals surface area contributed by atoms with Crippen molar-refractivity contribution in [1.29, 1.82) is 0 Å². The van der Waals surface area contributed by atoms with E-state index in [2.05, 4.69) is 10.1 Å². The van der Waals surface area contributed by atoms with Crippen LogP contribution in [0.1, 0.15) is 16.2 Å². The first-order valence-electron chi connectivity index (χ1n) is 4.90. The fraction of sp³-hybridized carbons (Fsp3) is 0.182. The predicted octanol–water partition coefficient (Wildman–Crippen LogP) is 1.35. The lowest BCUT2D eigenvalue weighted by atomic mass is 10.2. The maximum absolute atomic E-state index is 13.1. The average molecular weight is 235 g/mol. The van der Waals surface area contributed by atoms with E-state index in [0.29, 0.717) is 12.1 Å². The molecule has 0 bridgehead atoms. The minimum Gasteiger partial charge on any atom is -0.485 e. The first-order chi connectivity index (χ1) is 8.19. The van der Waals surface area contributed by atoms with Crippen LogP contribution in [0.25, 0.3) is 0 Å². The highest BCUT2D eigenvalue weighted by atomic mass is 19.1. The molecule has 6 heteroatoms. The van der Waals surface area contributed by atoms with E-state index >= 15 is 0 Å². The Morgan fingerprint density at radius 1 is 1.47 bits per heavy atom. The Kier molecular flexibility index (Phi) is 3.13. The molecule has 1 aromatic carbocycles. The van der Waals surface area contributed by atoms with Gasteiger partial charge in [0, 0.05) is 18.7 Å². The van der Waals surface area contributed by atoms with Gasteiger partial charge >= 0.3 is 0 Å². The van der Waals surface area contributed by atoms with E-state index in [4.69, 9.17) is 4.74 Å². The number of hydrogen-bond donors (Lipinski definition) is 0. The van der Waals surface area contributed by atoms with E-state index in [9.17, 15) is 9.18 Å². The number of ether oxygens (including phenoxy) is 1. The van der Waals surface area contributed by atoms with E-state index in [0.717, 1.165) is 6.07 Å². The molecule has 0 N–H and O–H groups in total. The van der Waals surface area contributed by atoms with Crippen molar-refractivity contribution in [3.05, 3.63) is 41.7 Å². The summed E-state index contributed by atoms with van der Waals surface area (Å²) < 4.78 is 20.0. The van der Waals surface area contributed by atoms with Crippen molar-refractivity contribution < 1.29 is 13.9 Å². The van der Waals surface area contributed by atoms with Crippen molar-refractivity contribution >= 4 is 6.29 Å². The molecule has 17 heavy (non-hydrogen) atoms.